The molecule has 168 valence electrons. The zero-order valence-electron chi connectivity index (χ0n) is 18.4. The van der Waals surface area contributed by atoms with Crippen LogP contribution in [-0.2, 0) is 19.4 Å². The first-order chi connectivity index (χ1) is 15.3. The second-order valence-corrected chi connectivity index (χ2v) is 8.09. The predicted octanol–water partition coefficient (Wildman–Crippen LogP) is 1.95. The summed E-state index contributed by atoms with van der Waals surface area (Å²) in [5.41, 5.74) is 0. The lowest BCUT2D eigenvalue weighted by molar-refractivity contribution is 0.0657. The van der Waals surface area contributed by atoms with Gasteiger partial charge in [0.2, 0.25) is 0 Å². The number of nitrogens with zero attached hydrogens (tertiary/aromatic N) is 6. The van der Waals surface area contributed by atoms with Gasteiger partial charge in [0.15, 0.2) is 11.7 Å². The quantitative estimate of drug-likeness (QED) is 0.430. The van der Waals surface area contributed by atoms with Gasteiger partial charge in [0.1, 0.15) is 11.6 Å². The Balaban J connectivity index is 1.28. The molecule has 0 radical (unpaired) electrons. The number of aryl methyl sites for hydroxylation is 2. The molecule has 2 aliphatic heterocycles. The van der Waals surface area contributed by atoms with Crippen molar-refractivity contribution in [2.45, 2.75) is 52.0 Å². The van der Waals surface area contributed by atoms with E-state index in [1.54, 1.807) is 12.1 Å². The minimum absolute atomic E-state index is 0.0426. The topological polar surface area (TPSA) is 91.8 Å². The van der Waals surface area contributed by atoms with Crippen molar-refractivity contribution in [1.29, 1.82) is 0 Å². The highest BCUT2D eigenvalue weighted by molar-refractivity contribution is 5.91. The molecule has 2 aromatic heterocycles. The molecule has 9 heteroatoms. The van der Waals surface area contributed by atoms with E-state index in [1.165, 1.54) is 25.5 Å². The highest BCUT2D eigenvalue weighted by Crippen LogP contribution is 2.15. The molecule has 4 heterocycles. The Kier molecular flexibility index (Phi) is 7.22. The van der Waals surface area contributed by atoms with E-state index in [1.807, 2.05) is 4.90 Å². The highest BCUT2D eigenvalue weighted by atomic mass is 16.3. The molecule has 31 heavy (non-hydrogen) atoms. The lowest BCUT2D eigenvalue weighted by Crippen LogP contribution is -2.53. The van der Waals surface area contributed by atoms with Gasteiger partial charge in [-0.2, -0.15) is 0 Å². The number of amides is 1. The molecule has 1 fully saturated rings. The molecule has 0 unspecified atom stereocenters. The third-order valence-corrected chi connectivity index (χ3v) is 5.94. The Morgan fingerprint density at radius 1 is 1.13 bits per heavy atom. The summed E-state index contributed by atoms with van der Waals surface area (Å²) in [6, 6.07) is 3.46. The van der Waals surface area contributed by atoms with Gasteiger partial charge in [-0.1, -0.05) is 6.42 Å². The van der Waals surface area contributed by atoms with Crippen LogP contribution in [0.4, 0.5) is 0 Å². The second-order valence-electron chi connectivity index (χ2n) is 8.09. The molecular weight excluding hydrogens is 394 g/mol. The Morgan fingerprint density at radius 2 is 1.97 bits per heavy atom. The van der Waals surface area contributed by atoms with E-state index in [-0.39, 0.29) is 5.91 Å². The number of aromatic nitrogens is 3. The lowest BCUT2D eigenvalue weighted by Gasteiger charge is -2.36. The Labute approximate surface area is 183 Å². The number of furan rings is 1. The summed E-state index contributed by atoms with van der Waals surface area (Å²) < 4.78 is 7.56. The van der Waals surface area contributed by atoms with Crippen LogP contribution < -0.4 is 5.32 Å². The number of rotatable bonds is 6. The number of carbonyl (C=O) groups is 1. The van der Waals surface area contributed by atoms with Crippen molar-refractivity contribution in [1.82, 2.24) is 29.9 Å². The maximum Gasteiger partial charge on any atom is 0.289 e. The summed E-state index contributed by atoms with van der Waals surface area (Å²) in [5.74, 6) is 3.53. The number of hydrogen-bond donors (Lipinski definition) is 1. The van der Waals surface area contributed by atoms with Crippen LogP contribution in [0.5, 0.6) is 0 Å². The summed E-state index contributed by atoms with van der Waals surface area (Å²) in [5, 5.41) is 12.2. The molecule has 0 aliphatic carbocycles. The van der Waals surface area contributed by atoms with Crippen molar-refractivity contribution < 1.29 is 9.21 Å². The van der Waals surface area contributed by atoms with Gasteiger partial charge in [-0.3, -0.25) is 9.79 Å². The molecule has 4 rings (SSSR count). The van der Waals surface area contributed by atoms with Crippen LogP contribution >= 0.6 is 0 Å². The van der Waals surface area contributed by atoms with Crippen molar-refractivity contribution in [3.8, 4) is 0 Å². The average Bonchev–Trinajstić information content (AvgIpc) is 3.41. The monoisotopic (exact) mass is 427 g/mol. The molecule has 2 aliphatic rings. The molecule has 2 aromatic rings. The van der Waals surface area contributed by atoms with Gasteiger partial charge in [-0.05, 0) is 38.3 Å². The number of nitrogens with one attached hydrogen (secondary N) is 1. The van der Waals surface area contributed by atoms with Crippen LogP contribution in [0.2, 0.25) is 0 Å². The van der Waals surface area contributed by atoms with Gasteiger partial charge in [0.05, 0.1) is 6.26 Å². The molecule has 0 saturated carbocycles. The molecule has 1 amide bonds. The number of carbonyl (C=O) groups excluding carboxylic acids is 1. The lowest BCUT2D eigenvalue weighted by atomic mass is 10.2. The van der Waals surface area contributed by atoms with Crippen LogP contribution in [0.25, 0.3) is 0 Å². The number of aliphatic imine (C=N–C) groups is 1. The van der Waals surface area contributed by atoms with E-state index in [0.717, 1.165) is 69.6 Å². The van der Waals surface area contributed by atoms with E-state index in [2.05, 4.69) is 31.9 Å². The second kappa shape index (κ2) is 10.5. The number of guanidine groups is 1. The summed E-state index contributed by atoms with van der Waals surface area (Å²) in [4.78, 5) is 21.4. The van der Waals surface area contributed by atoms with Crippen molar-refractivity contribution >= 4 is 11.9 Å². The van der Waals surface area contributed by atoms with Gasteiger partial charge in [-0.25, -0.2) is 0 Å². The SMILES string of the molecule is CCNC(=NCCCc1nnc2n1CCCCC2)N1CCN(C(=O)c2ccco2)CC1. The summed E-state index contributed by atoms with van der Waals surface area (Å²) in [6.07, 6.45) is 8.15. The minimum atomic E-state index is -0.0426. The fourth-order valence-electron chi connectivity index (χ4n) is 4.26. The van der Waals surface area contributed by atoms with E-state index in [9.17, 15) is 4.79 Å². The van der Waals surface area contributed by atoms with Crippen molar-refractivity contribution in [3.63, 3.8) is 0 Å². The molecule has 9 nitrogen and oxygen atoms in total. The fraction of sp³-hybridized carbons (Fsp3) is 0.636. The van der Waals surface area contributed by atoms with Gasteiger partial charge in [0, 0.05) is 58.7 Å². The normalized spacial score (nSPS) is 17.4. The summed E-state index contributed by atoms with van der Waals surface area (Å²) >= 11 is 0. The third kappa shape index (κ3) is 5.26. The number of fused-ring (bicyclic) bond motifs is 1. The molecule has 0 atom stereocenters. The molecule has 0 bridgehead atoms. The van der Waals surface area contributed by atoms with E-state index in [0.29, 0.717) is 18.8 Å². The smallest absolute Gasteiger partial charge is 0.289 e. The number of hydrogen-bond acceptors (Lipinski definition) is 5. The minimum Gasteiger partial charge on any atom is -0.459 e. The first-order valence-electron chi connectivity index (χ1n) is 11.5. The molecule has 0 spiro atoms. The summed E-state index contributed by atoms with van der Waals surface area (Å²) in [7, 11) is 0. The van der Waals surface area contributed by atoms with E-state index in [4.69, 9.17) is 9.41 Å². The van der Waals surface area contributed by atoms with E-state index >= 15 is 0 Å². The van der Waals surface area contributed by atoms with Gasteiger partial charge in [-0.15, -0.1) is 10.2 Å². The average molecular weight is 428 g/mol. The Bertz CT molecular complexity index is 867. The van der Waals surface area contributed by atoms with Crippen LogP contribution in [0, 0.1) is 0 Å². The van der Waals surface area contributed by atoms with Crippen LogP contribution in [0.15, 0.2) is 27.8 Å². The van der Waals surface area contributed by atoms with E-state index < -0.39 is 0 Å². The number of piperazine rings is 1. The first kappa shape index (κ1) is 21.4. The first-order valence-corrected chi connectivity index (χ1v) is 11.5. The van der Waals surface area contributed by atoms with Gasteiger partial charge in [0.25, 0.3) is 5.91 Å². The largest absolute Gasteiger partial charge is 0.459 e. The van der Waals surface area contributed by atoms with Gasteiger partial charge >= 0.3 is 0 Å². The fourth-order valence-corrected chi connectivity index (χ4v) is 4.26. The molecule has 1 saturated heterocycles. The zero-order valence-corrected chi connectivity index (χ0v) is 18.4. The molecule has 1 N–H and O–H groups in total. The third-order valence-electron chi connectivity index (χ3n) is 5.94. The molecule has 0 aromatic carbocycles. The maximum atomic E-state index is 12.5. The zero-order chi connectivity index (χ0) is 21.5. The van der Waals surface area contributed by atoms with Crippen LogP contribution in [-0.4, -0.2) is 75.7 Å². The van der Waals surface area contributed by atoms with Crippen molar-refractivity contribution in [3.05, 3.63) is 35.8 Å². The molecular formula is C22H33N7O2. The highest BCUT2D eigenvalue weighted by Gasteiger charge is 2.25. The standard InChI is InChI=1S/C22H33N7O2/c1-2-23-22(28-15-13-27(14-16-28)21(30)18-8-7-17-31-18)24-11-6-10-20-26-25-19-9-4-3-5-12-29(19)20/h7-8,17H,2-6,9-16H2,1H3,(H,23,24). The predicted molar refractivity (Wildman–Crippen MR) is 118 cm³/mol. The van der Waals surface area contributed by atoms with Crippen LogP contribution in [0.3, 0.4) is 0 Å². The Hall–Kier alpha value is -2.84. The van der Waals surface area contributed by atoms with Gasteiger partial charge < -0.3 is 24.1 Å². The van der Waals surface area contributed by atoms with Crippen molar-refractivity contribution in [2.75, 3.05) is 39.3 Å². The van der Waals surface area contributed by atoms with Crippen LogP contribution in [0.1, 0.15) is 54.8 Å². The van der Waals surface area contributed by atoms with Crippen molar-refractivity contribution in [2.24, 2.45) is 4.99 Å². The summed E-state index contributed by atoms with van der Waals surface area (Å²) in [6.45, 7) is 7.54. The maximum absolute atomic E-state index is 12.5. The Morgan fingerprint density at radius 3 is 2.74 bits per heavy atom.